The van der Waals surface area contributed by atoms with Gasteiger partial charge in [-0.1, -0.05) is 0 Å². The van der Waals surface area contributed by atoms with Crippen LogP contribution in [0.4, 0.5) is 17.7 Å². The Morgan fingerprint density at radius 3 is 2.00 bits per heavy atom. The van der Waals surface area contributed by atoms with Gasteiger partial charge in [-0.05, 0) is 0 Å². The third-order valence-corrected chi connectivity index (χ3v) is 0.891. The van der Waals surface area contributed by atoms with Gasteiger partial charge in [0.25, 0.3) is 0 Å². The van der Waals surface area contributed by atoms with Crippen molar-refractivity contribution in [2.45, 2.75) is 6.42 Å². The highest BCUT2D eigenvalue weighted by Gasteiger charge is 2.11. The molecule has 0 unspecified atom stereocenters. The molecule has 12 heavy (non-hydrogen) atoms. The number of imide groups is 1. The first kappa shape index (κ1) is 10.8. The molecule has 0 saturated carbocycles. The molecule has 1 saturated heterocycles. The molecule has 1 aliphatic rings. The van der Waals surface area contributed by atoms with Crippen molar-refractivity contribution in [3.8, 4) is 0 Å². The van der Waals surface area contributed by atoms with E-state index >= 15 is 0 Å². The standard InChI is InChI=1S/C4H6N2O2.BF3/c7-3-1-2-5-4(8)6-3;2-1(3)4/h1-2H2,(H2,5,6,7,8);. The fourth-order valence-electron chi connectivity index (χ4n) is 0.523. The Kier molecular flexibility index (Phi) is 4.90. The smallest absolute Gasteiger partial charge is 0.337 e. The lowest BCUT2D eigenvalue weighted by atomic mass is 10.3. The highest BCUT2D eigenvalue weighted by molar-refractivity contribution is 6.33. The molecule has 68 valence electrons. The fraction of sp³-hybridized carbons (Fsp3) is 0.500. The summed E-state index contributed by atoms with van der Waals surface area (Å²) in [6.07, 6.45) is 0.395. The molecule has 0 spiro atoms. The zero-order chi connectivity index (χ0) is 9.56. The Morgan fingerprint density at radius 1 is 1.25 bits per heavy atom. The van der Waals surface area contributed by atoms with Crippen molar-refractivity contribution in [1.29, 1.82) is 0 Å². The van der Waals surface area contributed by atoms with Gasteiger partial charge in [0.2, 0.25) is 5.91 Å². The van der Waals surface area contributed by atoms with Gasteiger partial charge in [-0.2, -0.15) is 0 Å². The number of urea groups is 1. The molecule has 0 bridgehead atoms. The van der Waals surface area contributed by atoms with Gasteiger partial charge >= 0.3 is 13.6 Å². The van der Waals surface area contributed by atoms with Gasteiger partial charge in [-0.15, -0.1) is 0 Å². The molecule has 2 N–H and O–H groups in total. The van der Waals surface area contributed by atoms with Crippen LogP contribution in [0.5, 0.6) is 0 Å². The summed E-state index contributed by atoms with van der Waals surface area (Å²) in [5, 5.41) is 4.53. The zero-order valence-corrected chi connectivity index (χ0v) is 5.94. The number of carbonyl (C=O) groups is 2. The number of hydrogen-bond acceptors (Lipinski definition) is 2. The number of halogens is 3. The zero-order valence-electron chi connectivity index (χ0n) is 5.94. The summed E-state index contributed by atoms with van der Waals surface area (Å²) < 4.78 is 29.0. The van der Waals surface area contributed by atoms with E-state index in [9.17, 15) is 22.5 Å². The third-order valence-electron chi connectivity index (χ3n) is 0.891. The van der Waals surface area contributed by atoms with Crippen molar-refractivity contribution in [2.24, 2.45) is 0 Å². The van der Waals surface area contributed by atoms with E-state index in [0.717, 1.165) is 0 Å². The van der Waals surface area contributed by atoms with E-state index in [1.807, 2.05) is 0 Å². The maximum atomic E-state index is 10.3. The molecule has 0 aromatic heterocycles. The Morgan fingerprint density at radius 2 is 1.75 bits per heavy atom. The number of hydrogen-bond donors (Lipinski definition) is 2. The topological polar surface area (TPSA) is 58.2 Å². The summed E-state index contributed by atoms with van der Waals surface area (Å²) in [7, 11) is -3.67. The first-order valence-electron chi connectivity index (χ1n) is 3.02. The summed E-state index contributed by atoms with van der Waals surface area (Å²) in [5.41, 5.74) is 0. The van der Waals surface area contributed by atoms with Crippen LogP contribution in [0.3, 0.4) is 0 Å². The summed E-state index contributed by atoms with van der Waals surface area (Å²) >= 11 is 0. The normalized spacial score (nSPS) is 15.2. The molecule has 3 amide bonds. The predicted octanol–water partition coefficient (Wildman–Crippen LogP) is 0.0957. The lowest BCUT2D eigenvalue weighted by Crippen LogP contribution is -2.46. The minimum Gasteiger partial charge on any atom is -0.337 e. The number of amides is 3. The molecular formula is C4H6BF3N2O2. The fourth-order valence-corrected chi connectivity index (χ4v) is 0.523. The molecule has 1 aliphatic heterocycles. The maximum Gasteiger partial charge on any atom is 0.762 e. The number of rotatable bonds is 0. The molecule has 1 heterocycles. The van der Waals surface area contributed by atoms with E-state index in [4.69, 9.17) is 0 Å². The van der Waals surface area contributed by atoms with E-state index in [-0.39, 0.29) is 11.9 Å². The van der Waals surface area contributed by atoms with Crippen LogP contribution in [-0.4, -0.2) is 26.0 Å². The highest BCUT2D eigenvalue weighted by atomic mass is 19.4. The molecule has 0 atom stereocenters. The van der Waals surface area contributed by atoms with Gasteiger partial charge in [0, 0.05) is 13.0 Å². The summed E-state index contributed by atoms with van der Waals surface area (Å²) in [6.45, 7) is 0.463. The lowest BCUT2D eigenvalue weighted by Gasteiger charge is -2.10. The summed E-state index contributed by atoms with van der Waals surface area (Å²) in [5.74, 6) is -0.200. The van der Waals surface area contributed by atoms with E-state index in [0.29, 0.717) is 13.0 Å². The minimum absolute atomic E-state index is 0.200. The Bertz CT molecular complexity index is 161. The SMILES string of the molecule is FB(F)F.O=C1CCNC(=O)N1. The Hall–Kier alpha value is -1.21. The summed E-state index contributed by atoms with van der Waals surface area (Å²) in [4.78, 5) is 20.5. The van der Waals surface area contributed by atoms with Crippen LogP contribution >= 0.6 is 0 Å². The second-order valence-electron chi connectivity index (χ2n) is 1.80. The molecule has 8 heteroatoms. The van der Waals surface area contributed by atoms with Crippen LogP contribution in [0.15, 0.2) is 0 Å². The van der Waals surface area contributed by atoms with E-state index in [1.54, 1.807) is 0 Å². The summed E-state index contributed by atoms with van der Waals surface area (Å²) in [6, 6.07) is -0.388. The van der Waals surface area contributed by atoms with Crippen molar-refractivity contribution < 1.29 is 22.5 Å². The largest absolute Gasteiger partial charge is 0.762 e. The van der Waals surface area contributed by atoms with Gasteiger partial charge in [-0.25, -0.2) is 4.79 Å². The average Bonchev–Trinajstić information content (AvgIpc) is 1.84. The van der Waals surface area contributed by atoms with Gasteiger partial charge in [-0.3, -0.25) is 23.1 Å². The first-order valence-corrected chi connectivity index (χ1v) is 3.02. The van der Waals surface area contributed by atoms with Crippen molar-refractivity contribution in [3.05, 3.63) is 0 Å². The molecule has 0 radical (unpaired) electrons. The minimum atomic E-state index is -3.67. The van der Waals surface area contributed by atoms with Crippen LogP contribution in [0, 0.1) is 0 Å². The molecular weight excluding hydrogens is 176 g/mol. The van der Waals surface area contributed by atoms with Crippen LogP contribution in [-0.2, 0) is 4.79 Å². The van der Waals surface area contributed by atoms with Crippen LogP contribution in [0.1, 0.15) is 6.42 Å². The monoisotopic (exact) mass is 182 g/mol. The van der Waals surface area contributed by atoms with E-state index in [1.165, 1.54) is 0 Å². The van der Waals surface area contributed by atoms with Crippen molar-refractivity contribution >= 4 is 19.5 Å². The van der Waals surface area contributed by atoms with Gasteiger partial charge in [0.05, 0.1) is 0 Å². The van der Waals surface area contributed by atoms with Gasteiger partial charge in [0.15, 0.2) is 0 Å². The maximum absolute atomic E-state index is 10.3. The van der Waals surface area contributed by atoms with E-state index < -0.39 is 7.54 Å². The first-order chi connectivity index (χ1) is 5.52. The highest BCUT2D eigenvalue weighted by Crippen LogP contribution is 1.82. The second-order valence-corrected chi connectivity index (χ2v) is 1.80. The second kappa shape index (κ2) is 5.45. The van der Waals surface area contributed by atoms with Crippen LogP contribution in [0.2, 0.25) is 0 Å². The van der Waals surface area contributed by atoms with E-state index in [2.05, 4.69) is 10.6 Å². The molecule has 0 aromatic carbocycles. The Balaban J connectivity index is 0.000000261. The van der Waals surface area contributed by atoms with Crippen LogP contribution in [0.25, 0.3) is 0 Å². The number of carbonyl (C=O) groups excluding carboxylic acids is 2. The molecule has 1 rings (SSSR count). The molecule has 1 fully saturated rings. The quantitative estimate of drug-likeness (QED) is 0.521. The van der Waals surface area contributed by atoms with Crippen molar-refractivity contribution in [1.82, 2.24) is 10.6 Å². The third kappa shape index (κ3) is 6.91. The molecule has 0 aliphatic carbocycles. The Labute approximate surface area is 66.7 Å². The van der Waals surface area contributed by atoms with Gasteiger partial charge < -0.3 is 5.32 Å². The lowest BCUT2D eigenvalue weighted by molar-refractivity contribution is -0.120. The average molecular weight is 182 g/mol. The molecule has 0 aromatic rings. The number of nitrogens with one attached hydrogen (secondary N) is 2. The molecule has 4 nitrogen and oxygen atoms in total. The van der Waals surface area contributed by atoms with Crippen molar-refractivity contribution in [2.75, 3.05) is 6.54 Å². The van der Waals surface area contributed by atoms with Crippen molar-refractivity contribution in [3.63, 3.8) is 0 Å². The van der Waals surface area contributed by atoms with Gasteiger partial charge in [0.1, 0.15) is 0 Å². The predicted molar refractivity (Wildman–Crippen MR) is 35.2 cm³/mol. The van der Waals surface area contributed by atoms with Crippen LogP contribution < -0.4 is 10.6 Å².